The second-order valence-electron chi connectivity index (χ2n) is 7.28. The maximum atomic E-state index is 6.33. The Balaban J connectivity index is 1.68. The van der Waals surface area contributed by atoms with Gasteiger partial charge in [0.1, 0.15) is 0 Å². The molecule has 0 amide bonds. The van der Waals surface area contributed by atoms with Gasteiger partial charge in [-0.1, -0.05) is 6.07 Å². The molecule has 1 saturated carbocycles. The SMILES string of the molecule is COc1cc(-c2cccnc2)c(CCc2ccncc2)cc1OC1CCCC1. The van der Waals surface area contributed by atoms with Crippen LogP contribution >= 0.6 is 0 Å². The lowest BCUT2D eigenvalue weighted by atomic mass is 9.95. The van der Waals surface area contributed by atoms with Crippen molar-refractivity contribution in [3.63, 3.8) is 0 Å². The first-order chi connectivity index (χ1) is 13.8. The van der Waals surface area contributed by atoms with Gasteiger partial charge < -0.3 is 9.47 Å². The van der Waals surface area contributed by atoms with E-state index in [4.69, 9.17) is 9.47 Å². The number of benzene rings is 1. The molecule has 144 valence electrons. The Hall–Kier alpha value is -2.88. The van der Waals surface area contributed by atoms with Gasteiger partial charge in [0.15, 0.2) is 11.5 Å². The van der Waals surface area contributed by atoms with Crippen molar-refractivity contribution < 1.29 is 9.47 Å². The van der Waals surface area contributed by atoms with Crippen LogP contribution in [0.3, 0.4) is 0 Å². The summed E-state index contributed by atoms with van der Waals surface area (Å²) in [5.74, 6) is 1.64. The maximum absolute atomic E-state index is 6.33. The monoisotopic (exact) mass is 374 g/mol. The average molecular weight is 374 g/mol. The fourth-order valence-corrected chi connectivity index (χ4v) is 3.87. The first-order valence-electron chi connectivity index (χ1n) is 10.0. The number of aromatic nitrogens is 2. The number of methoxy groups -OCH3 is 1. The molecule has 4 nitrogen and oxygen atoms in total. The molecule has 2 heterocycles. The Kier molecular flexibility index (Phi) is 5.86. The van der Waals surface area contributed by atoms with Gasteiger partial charge >= 0.3 is 0 Å². The Morgan fingerprint density at radius 1 is 0.929 bits per heavy atom. The average Bonchev–Trinajstić information content (AvgIpc) is 3.27. The van der Waals surface area contributed by atoms with Crippen molar-refractivity contribution in [2.75, 3.05) is 7.11 Å². The predicted octanol–water partition coefficient (Wildman–Crippen LogP) is 5.26. The Bertz CT molecular complexity index is 891. The molecule has 0 spiro atoms. The van der Waals surface area contributed by atoms with Gasteiger partial charge in [-0.05, 0) is 85.5 Å². The van der Waals surface area contributed by atoms with Crippen LogP contribution in [0.5, 0.6) is 11.5 Å². The summed E-state index contributed by atoms with van der Waals surface area (Å²) in [5, 5.41) is 0. The number of hydrogen-bond acceptors (Lipinski definition) is 4. The van der Waals surface area contributed by atoms with Gasteiger partial charge in [-0.2, -0.15) is 0 Å². The summed E-state index contributed by atoms with van der Waals surface area (Å²) < 4.78 is 12.0. The van der Waals surface area contributed by atoms with Crippen LogP contribution in [0.2, 0.25) is 0 Å². The molecule has 0 saturated heterocycles. The number of nitrogens with zero attached hydrogens (tertiary/aromatic N) is 2. The smallest absolute Gasteiger partial charge is 0.161 e. The molecule has 1 aliphatic rings. The summed E-state index contributed by atoms with van der Waals surface area (Å²) in [6, 6.07) is 12.5. The molecule has 1 fully saturated rings. The van der Waals surface area contributed by atoms with Gasteiger partial charge in [0, 0.05) is 30.4 Å². The lowest BCUT2D eigenvalue weighted by Gasteiger charge is -2.19. The van der Waals surface area contributed by atoms with Gasteiger partial charge in [0.05, 0.1) is 13.2 Å². The van der Waals surface area contributed by atoms with Gasteiger partial charge in [0.2, 0.25) is 0 Å². The third kappa shape index (κ3) is 4.33. The summed E-state index contributed by atoms with van der Waals surface area (Å²) in [7, 11) is 1.71. The molecule has 4 heteroatoms. The molecule has 4 rings (SSSR count). The van der Waals surface area contributed by atoms with Crippen LogP contribution in [-0.2, 0) is 12.8 Å². The van der Waals surface area contributed by atoms with E-state index in [2.05, 4.69) is 40.3 Å². The van der Waals surface area contributed by atoms with Crippen molar-refractivity contribution in [2.24, 2.45) is 0 Å². The number of aryl methyl sites for hydroxylation is 2. The Labute approximate surface area is 166 Å². The molecule has 0 aliphatic heterocycles. The molecule has 0 bridgehead atoms. The van der Waals surface area contributed by atoms with Crippen LogP contribution < -0.4 is 9.47 Å². The van der Waals surface area contributed by atoms with Crippen LogP contribution in [0.25, 0.3) is 11.1 Å². The minimum absolute atomic E-state index is 0.297. The third-order valence-electron chi connectivity index (χ3n) is 5.39. The molecule has 1 aromatic carbocycles. The number of hydrogen-bond donors (Lipinski definition) is 0. The largest absolute Gasteiger partial charge is 0.493 e. The number of pyridine rings is 2. The van der Waals surface area contributed by atoms with E-state index in [0.29, 0.717) is 6.10 Å². The minimum atomic E-state index is 0.297. The zero-order valence-corrected chi connectivity index (χ0v) is 16.3. The second-order valence-corrected chi connectivity index (χ2v) is 7.28. The fourth-order valence-electron chi connectivity index (χ4n) is 3.87. The zero-order chi connectivity index (χ0) is 19.2. The van der Waals surface area contributed by atoms with Crippen molar-refractivity contribution >= 4 is 0 Å². The molecule has 1 aliphatic carbocycles. The summed E-state index contributed by atoms with van der Waals surface area (Å²) in [5.41, 5.74) is 4.77. The molecule has 3 aromatic rings. The van der Waals surface area contributed by atoms with E-state index >= 15 is 0 Å². The second kappa shape index (κ2) is 8.87. The molecule has 0 unspecified atom stereocenters. The van der Waals surface area contributed by atoms with Crippen LogP contribution in [0.1, 0.15) is 36.8 Å². The van der Waals surface area contributed by atoms with Crippen LogP contribution in [0.15, 0.2) is 61.2 Å². The molecular weight excluding hydrogens is 348 g/mol. The van der Waals surface area contributed by atoms with E-state index < -0.39 is 0 Å². The Morgan fingerprint density at radius 3 is 2.46 bits per heavy atom. The van der Waals surface area contributed by atoms with Crippen LogP contribution in [0.4, 0.5) is 0 Å². The molecule has 28 heavy (non-hydrogen) atoms. The normalized spacial score (nSPS) is 14.2. The zero-order valence-electron chi connectivity index (χ0n) is 16.3. The summed E-state index contributed by atoms with van der Waals surface area (Å²) in [4.78, 5) is 8.42. The topological polar surface area (TPSA) is 44.2 Å². The minimum Gasteiger partial charge on any atom is -0.493 e. The van der Waals surface area contributed by atoms with Crippen molar-refractivity contribution in [1.82, 2.24) is 9.97 Å². The highest BCUT2D eigenvalue weighted by atomic mass is 16.5. The molecule has 0 radical (unpaired) electrons. The maximum Gasteiger partial charge on any atom is 0.161 e. The van der Waals surface area contributed by atoms with Crippen LogP contribution in [-0.4, -0.2) is 23.2 Å². The standard InChI is InChI=1S/C24H26N2O2/c1-27-23-16-22(20-5-4-12-26-17-20)19(9-8-18-10-13-25-14-11-18)15-24(23)28-21-6-2-3-7-21/h4-5,10-17,21H,2-3,6-9H2,1H3. The van der Waals surface area contributed by atoms with E-state index in [9.17, 15) is 0 Å². The molecule has 2 aromatic heterocycles. The van der Waals surface area contributed by atoms with Gasteiger partial charge in [-0.3, -0.25) is 9.97 Å². The molecule has 0 N–H and O–H groups in total. The van der Waals surface area contributed by atoms with Crippen molar-refractivity contribution in [3.05, 3.63) is 72.3 Å². The predicted molar refractivity (Wildman–Crippen MR) is 111 cm³/mol. The van der Waals surface area contributed by atoms with E-state index in [1.807, 2.05) is 24.7 Å². The van der Waals surface area contributed by atoms with Gasteiger partial charge in [0.25, 0.3) is 0 Å². The summed E-state index contributed by atoms with van der Waals surface area (Å²) in [6.07, 6.45) is 14.3. The van der Waals surface area contributed by atoms with Crippen molar-refractivity contribution in [2.45, 2.75) is 44.6 Å². The third-order valence-corrected chi connectivity index (χ3v) is 5.39. The van der Waals surface area contributed by atoms with Crippen molar-refractivity contribution in [3.8, 4) is 22.6 Å². The highest BCUT2D eigenvalue weighted by Gasteiger charge is 2.20. The van der Waals surface area contributed by atoms with Gasteiger partial charge in [-0.25, -0.2) is 0 Å². The quantitative estimate of drug-likeness (QED) is 0.566. The first-order valence-corrected chi connectivity index (χ1v) is 10.0. The van der Waals surface area contributed by atoms with E-state index in [1.54, 1.807) is 13.3 Å². The number of rotatable bonds is 7. The highest BCUT2D eigenvalue weighted by Crippen LogP contribution is 2.38. The summed E-state index contributed by atoms with van der Waals surface area (Å²) >= 11 is 0. The highest BCUT2D eigenvalue weighted by molar-refractivity contribution is 5.70. The van der Waals surface area contributed by atoms with Crippen LogP contribution in [0, 0.1) is 0 Å². The van der Waals surface area contributed by atoms with Gasteiger partial charge in [-0.15, -0.1) is 0 Å². The molecular formula is C24H26N2O2. The van der Waals surface area contributed by atoms with E-state index in [0.717, 1.165) is 48.3 Å². The van der Waals surface area contributed by atoms with E-state index in [-0.39, 0.29) is 0 Å². The number of ether oxygens (including phenoxy) is 2. The fraction of sp³-hybridized carbons (Fsp3) is 0.333. The van der Waals surface area contributed by atoms with Crippen molar-refractivity contribution in [1.29, 1.82) is 0 Å². The lowest BCUT2D eigenvalue weighted by Crippen LogP contribution is -2.12. The lowest BCUT2D eigenvalue weighted by molar-refractivity contribution is 0.200. The Morgan fingerprint density at radius 2 is 1.75 bits per heavy atom. The van der Waals surface area contributed by atoms with E-state index in [1.165, 1.54) is 24.0 Å². The molecule has 0 atom stereocenters. The summed E-state index contributed by atoms with van der Waals surface area (Å²) in [6.45, 7) is 0. The first kappa shape index (κ1) is 18.5.